The van der Waals surface area contributed by atoms with Gasteiger partial charge in [0.2, 0.25) is 0 Å². The second-order valence-corrected chi connectivity index (χ2v) is 10.3. The highest BCUT2D eigenvalue weighted by Gasteiger charge is 2.19. The van der Waals surface area contributed by atoms with Crippen LogP contribution in [0.15, 0.2) is 89.7 Å². The summed E-state index contributed by atoms with van der Waals surface area (Å²) in [5, 5.41) is 5.74. The molecule has 1 aliphatic heterocycles. The van der Waals surface area contributed by atoms with E-state index < -0.39 is 0 Å². The second-order valence-electron chi connectivity index (χ2n) is 10.3. The molecule has 198 valence electrons. The zero-order valence-electron chi connectivity index (χ0n) is 22.2. The Morgan fingerprint density at radius 1 is 0.949 bits per heavy atom. The van der Waals surface area contributed by atoms with Crippen molar-refractivity contribution >= 4 is 17.3 Å². The van der Waals surface area contributed by atoms with Crippen molar-refractivity contribution in [3.8, 4) is 11.1 Å². The van der Waals surface area contributed by atoms with Gasteiger partial charge in [-0.2, -0.15) is 0 Å². The van der Waals surface area contributed by atoms with Crippen LogP contribution in [0, 0.1) is 0 Å². The average Bonchev–Trinajstić information content (AvgIpc) is 3.64. The molecule has 6 rings (SSSR count). The summed E-state index contributed by atoms with van der Waals surface area (Å²) in [4.78, 5) is 22.1. The minimum Gasteiger partial charge on any atom is -0.467 e. The van der Waals surface area contributed by atoms with Crippen LogP contribution in [0.5, 0.6) is 0 Å². The van der Waals surface area contributed by atoms with Crippen LogP contribution < -0.4 is 10.6 Å². The topological polar surface area (TPSA) is 73.6 Å². The Balaban J connectivity index is 1.14. The van der Waals surface area contributed by atoms with E-state index in [9.17, 15) is 4.79 Å². The van der Waals surface area contributed by atoms with E-state index in [2.05, 4.69) is 70.0 Å². The Morgan fingerprint density at radius 3 is 2.59 bits per heavy atom. The number of carbonyl (C=O) groups is 1. The Morgan fingerprint density at radius 2 is 1.79 bits per heavy atom. The molecular weight excluding hydrogens is 486 g/mol. The predicted molar refractivity (Wildman–Crippen MR) is 154 cm³/mol. The number of piperazine rings is 1. The van der Waals surface area contributed by atoms with E-state index in [4.69, 9.17) is 9.40 Å². The van der Waals surface area contributed by atoms with E-state index in [1.165, 1.54) is 11.1 Å². The van der Waals surface area contributed by atoms with E-state index in [-0.39, 0.29) is 6.03 Å². The third-order valence-electron chi connectivity index (χ3n) is 7.48. The number of anilines is 1. The number of carbonyl (C=O) groups excluding carboxylic acids is 1. The fourth-order valence-electron chi connectivity index (χ4n) is 5.22. The number of nitrogens with one attached hydrogen (secondary N) is 2. The minimum atomic E-state index is -0.274. The number of likely N-dealkylation sites (N-methyl/N-ethyl adjacent to an activating group) is 1. The molecule has 0 spiro atoms. The molecule has 7 nitrogen and oxygen atoms in total. The van der Waals surface area contributed by atoms with Crippen LogP contribution in [0.1, 0.15) is 28.1 Å². The highest BCUT2D eigenvalue weighted by atomic mass is 16.3. The quantitative estimate of drug-likeness (QED) is 0.342. The van der Waals surface area contributed by atoms with Crippen LogP contribution in [-0.2, 0) is 19.5 Å². The smallest absolute Gasteiger partial charge is 0.319 e. The van der Waals surface area contributed by atoms with Crippen molar-refractivity contribution in [3.63, 3.8) is 0 Å². The molecular formula is C32H33N5O2. The number of nitrogens with zero attached hydrogens (tertiary/aromatic N) is 3. The van der Waals surface area contributed by atoms with E-state index in [1.54, 1.807) is 12.3 Å². The first-order chi connectivity index (χ1) is 19.1. The summed E-state index contributed by atoms with van der Waals surface area (Å²) in [6.07, 6.45) is 6.59. The minimum absolute atomic E-state index is 0.274. The summed E-state index contributed by atoms with van der Waals surface area (Å²) in [7, 11) is 2.19. The van der Waals surface area contributed by atoms with Gasteiger partial charge in [-0.05, 0) is 59.6 Å². The fraction of sp³-hybridized carbons (Fsp3) is 0.250. The largest absolute Gasteiger partial charge is 0.467 e. The van der Waals surface area contributed by atoms with Crippen LogP contribution in [0.2, 0.25) is 0 Å². The highest BCUT2D eigenvalue weighted by molar-refractivity contribution is 5.91. The van der Waals surface area contributed by atoms with Crippen LogP contribution in [0.25, 0.3) is 16.7 Å². The normalized spacial score (nSPS) is 15.6. The molecule has 0 bridgehead atoms. The summed E-state index contributed by atoms with van der Waals surface area (Å²) >= 11 is 0. The molecule has 2 N–H and O–H groups in total. The lowest BCUT2D eigenvalue weighted by molar-refractivity contribution is 0.148. The summed E-state index contributed by atoms with van der Waals surface area (Å²) in [5.74, 6) is 0.708. The van der Waals surface area contributed by atoms with Crippen LogP contribution in [-0.4, -0.2) is 54.0 Å². The number of pyridine rings is 1. The molecule has 2 amide bonds. The van der Waals surface area contributed by atoms with Crippen molar-refractivity contribution in [1.82, 2.24) is 20.1 Å². The number of hydrogen-bond acceptors (Lipinski definition) is 5. The van der Waals surface area contributed by atoms with E-state index in [1.807, 2.05) is 30.5 Å². The summed E-state index contributed by atoms with van der Waals surface area (Å²) in [5.41, 5.74) is 8.78. The summed E-state index contributed by atoms with van der Waals surface area (Å²) in [6, 6.07) is 22.4. The Kier molecular flexibility index (Phi) is 7.25. The van der Waals surface area contributed by atoms with Crippen molar-refractivity contribution < 1.29 is 9.21 Å². The maximum atomic E-state index is 12.4. The second kappa shape index (κ2) is 11.3. The monoisotopic (exact) mass is 519 g/mol. The average molecular weight is 520 g/mol. The Bertz CT molecular complexity index is 1470. The molecule has 3 heterocycles. The predicted octanol–water partition coefficient (Wildman–Crippen LogP) is 5.40. The maximum Gasteiger partial charge on any atom is 0.319 e. The molecule has 7 heteroatoms. The van der Waals surface area contributed by atoms with E-state index >= 15 is 0 Å². The van der Waals surface area contributed by atoms with Gasteiger partial charge >= 0.3 is 6.03 Å². The summed E-state index contributed by atoms with van der Waals surface area (Å²) in [6.45, 7) is 5.83. The molecule has 2 aromatic heterocycles. The molecule has 0 saturated carbocycles. The maximum absolute atomic E-state index is 12.4. The van der Waals surface area contributed by atoms with Gasteiger partial charge in [-0.1, -0.05) is 42.5 Å². The number of urea groups is 1. The number of rotatable bonds is 7. The molecule has 0 unspecified atom stereocenters. The van der Waals surface area contributed by atoms with Crippen molar-refractivity contribution in [1.29, 1.82) is 0 Å². The van der Waals surface area contributed by atoms with Crippen LogP contribution >= 0.6 is 0 Å². The van der Waals surface area contributed by atoms with Crippen LogP contribution in [0.4, 0.5) is 10.5 Å². The molecule has 39 heavy (non-hydrogen) atoms. The van der Waals surface area contributed by atoms with Gasteiger partial charge < -0.3 is 20.0 Å². The molecule has 0 radical (unpaired) electrons. The molecule has 0 atom stereocenters. The lowest BCUT2D eigenvalue weighted by atomic mass is 9.97. The number of benzene rings is 2. The van der Waals surface area contributed by atoms with Gasteiger partial charge in [0.25, 0.3) is 0 Å². The van der Waals surface area contributed by atoms with Crippen molar-refractivity contribution in [2.45, 2.75) is 19.5 Å². The summed E-state index contributed by atoms with van der Waals surface area (Å²) < 4.78 is 5.28. The Hall–Kier alpha value is -4.20. The van der Waals surface area contributed by atoms with Gasteiger partial charge in [0.1, 0.15) is 5.76 Å². The number of aromatic nitrogens is 1. The van der Waals surface area contributed by atoms with Crippen molar-refractivity contribution in [2.75, 3.05) is 38.5 Å². The van der Waals surface area contributed by atoms with E-state index in [0.717, 1.165) is 72.8 Å². The van der Waals surface area contributed by atoms with Gasteiger partial charge in [0.15, 0.2) is 0 Å². The number of fused-ring (bicyclic) bond motifs is 1. The Labute approximate surface area is 229 Å². The molecule has 1 aliphatic carbocycles. The first-order valence-corrected chi connectivity index (χ1v) is 13.5. The number of amides is 2. The molecule has 1 saturated heterocycles. The molecule has 2 aromatic carbocycles. The first-order valence-electron chi connectivity index (χ1n) is 13.5. The van der Waals surface area contributed by atoms with Gasteiger partial charge in [-0.25, -0.2) is 4.79 Å². The molecule has 2 aliphatic rings. The first kappa shape index (κ1) is 25.1. The zero-order chi connectivity index (χ0) is 26.6. The van der Waals surface area contributed by atoms with Crippen molar-refractivity contribution in [3.05, 3.63) is 113 Å². The van der Waals surface area contributed by atoms with Crippen LogP contribution in [0.3, 0.4) is 0 Å². The number of furan rings is 1. The molecule has 1 fully saturated rings. The fourth-order valence-corrected chi connectivity index (χ4v) is 5.22. The highest BCUT2D eigenvalue weighted by Crippen LogP contribution is 2.35. The third kappa shape index (κ3) is 5.95. The molecule has 4 aromatic rings. The lowest BCUT2D eigenvalue weighted by Crippen LogP contribution is -2.43. The van der Waals surface area contributed by atoms with Gasteiger partial charge in [0, 0.05) is 62.2 Å². The lowest BCUT2D eigenvalue weighted by Gasteiger charge is -2.32. The van der Waals surface area contributed by atoms with Gasteiger partial charge in [-0.15, -0.1) is 0 Å². The standard InChI is InChI=1S/C32H33N5O2/c1-36-13-15-37(16-14-36)22-23-7-9-24(10-8-23)26-19-30-29(11-12-31(30)33-20-26)25-4-2-5-27(18-25)35-32(38)34-21-28-6-3-17-39-28/h2-11,17-20H,12-16,21-22H2,1H3,(H2,34,35,38). The number of allylic oxidation sites excluding steroid dienone is 1. The SMILES string of the molecule is CN1CCN(Cc2ccc(-c3cnc4c(c3)C(c3cccc(NC(=O)NCc5ccco5)c3)=CC4)cc2)CC1. The van der Waals surface area contributed by atoms with Crippen molar-refractivity contribution in [2.24, 2.45) is 0 Å². The van der Waals surface area contributed by atoms with Gasteiger partial charge in [0.05, 0.1) is 18.5 Å². The zero-order valence-corrected chi connectivity index (χ0v) is 22.2. The van der Waals surface area contributed by atoms with Gasteiger partial charge in [-0.3, -0.25) is 9.88 Å². The number of hydrogen-bond donors (Lipinski definition) is 2. The van der Waals surface area contributed by atoms with E-state index in [0.29, 0.717) is 12.3 Å². The third-order valence-corrected chi connectivity index (χ3v) is 7.48.